The largest absolute Gasteiger partial charge is 0.493 e. The van der Waals surface area contributed by atoms with Crippen LogP contribution in [0, 0.1) is 3.57 Å². The second-order valence-corrected chi connectivity index (χ2v) is 6.75. The van der Waals surface area contributed by atoms with Crippen LogP contribution in [-0.2, 0) is 0 Å². The van der Waals surface area contributed by atoms with Crippen molar-refractivity contribution in [2.24, 2.45) is 0 Å². The highest BCUT2D eigenvalue weighted by Crippen LogP contribution is 2.31. The number of hydrogen-bond acceptors (Lipinski definition) is 4. The van der Waals surface area contributed by atoms with E-state index in [4.69, 9.17) is 21.1 Å². The Hall–Kier alpha value is -2.00. The second kappa shape index (κ2) is 9.63. The lowest BCUT2D eigenvalue weighted by Crippen LogP contribution is -2.35. The summed E-state index contributed by atoms with van der Waals surface area (Å²) in [6, 6.07) is 10.1. The van der Waals surface area contributed by atoms with Gasteiger partial charge >= 0.3 is 0 Å². The van der Waals surface area contributed by atoms with Gasteiger partial charge < -0.3 is 20.1 Å². The molecule has 0 atom stereocenters. The molecule has 0 radical (unpaired) electrons. The van der Waals surface area contributed by atoms with Crippen molar-refractivity contribution in [3.63, 3.8) is 0 Å². The number of amides is 2. The summed E-state index contributed by atoms with van der Waals surface area (Å²) >= 11 is 8.04. The molecule has 0 spiro atoms. The first-order chi connectivity index (χ1) is 12.5. The van der Waals surface area contributed by atoms with Crippen LogP contribution in [-0.4, -0.2) is 39.1 Å². The van der Waals surface area contributed by atoms with Crippen molar-refractivity contribution in [2.45, 2.75) is 0 Å². The number of rotatable bonds is 7. The Morgan fingerprint density at radius 3 is 2.08 bits per heavy atom. The average Bonchev–Trinajstić information content (AvgIpc) is 2.64. The topological polar surface area (TPSA) is 76.7 Å². The molecule has 8 heteroatoms. The van der Waals surface area contributed by atoms with E-state index in [2.05, 4.69) is 33.2 Å². The molecule has 2 rings (SSSR count). The van der Waals surface area contributed by atoms with Crippen molar-refractivity contribution in [1.82, 2.24) is 10.6 Å². The first-order valence-corrected chi connectivity index (χ1v) is 9.16. The van der Waals surface area contributed by atoms with E-state index in [1.165, 1.54) is 14.2 Å². The molecule has 0 fully saturated rings. The fraction of sp³-hybridized carbons (Fsp3) is 0.222. The number of benzene rings is 2. The molecular formula is C18H18ClIN2O4. The summed E-state index contributed by atoms with van der Waals surface area (Å²) in [5.74, 6) is 0.485. The predicted molar refractivity (Wildman–Crippen MR) is 108 cm³/mol. The van der Waals surface area contributed by atoms with Gasteiger partial charge in [-0.3, -0.25) is 9.59 Å². The lowest BCUT2D eigenvalue weighted by Gasteiger charge is -2.12. The maximum Gasteiger partial charge on any atom is 0.252 e. The van der Waals surface area contributed by atoms with Crippen LogP contribution in [0.5, 0.6) is 11.5 Å². The fourth-order valence-electron chi connectivity index (χ4n) is 2.22. The highest BCUT2D eigenvalue weighted by Gasteiger charge is 2.15. The zero-order chi connectivity index (χ0) is 19.1. The molecule has 26 heavy (non-hydrogen) atoms. The van der Waals surface area contributed by atoms with Crippen molar-refractivity contribution in [1.29, 1.82) is 0 Å². The van der Waals surface area contributed by atoms with Gasteiger partial charge in [-0.15, -0.1) is 0 Å². The number of nitrogens with one attached hydrogen (secondary N) is 2. The van der Waals surface area contributed by atoms with E-state index in [0.29, 0.717) is 27.6 Å². The molecule has 2 amide bonds. The number of halogens is 2. The summed E-state index contributed by atoms with van der Waals surface area (Å²) < 4.78 is 11.2. The van der Waals surface area contributed by atoms with E-state index in [0.717, 1.165) is 3.57 Å². The van der Waals surface area contributed by atoms with Crippen LogP contribution >= 0.6 is 34.2 Å². The molecule has 0 aliphatic carbocycles. The summed E-state index contributed by atoms with van der Waals surface area (Å²) in [4.78, 5) is 24.4. The van der Waals surface area contributed by atoms with Crippen LogP contribution in [0.25, 0.3) is 0 Å². The van der Waals surface area contributed by atoms with Gasteiger partial charge in [-0.25, -0.2) is 0 Å². The van der Waals surface area contributed by atoms with Gasteiger partial charge in [-0.2, -0.15) is 0 Å². The number of hydrogen-bond donors (Lipinski definition) is 2. The number of carbonyl (C=O) groups is 2. The summed E-state index contributed by atoms with van der Waals surface area (Å²) in [5.41, 5.74) is 0.871. The van der Waals surface area contributed by atoms with E-state index >= 15 is 0 Å². The quantitative estimate of drug-likeness (QED) is 0.464. The number of methoxy groups -OCH3 is 2. The van der Waals surface area contributed by atoms with Crippen LogP contribution in [0.4, 0.5) is 0 Å². The van der Waals surface area contributed by atoms with Gasteiger partial charge in [0.05, 0.1) is 30.4 Å². The van der Waals surface area contributed by atoms with E-state index in [1.807, 2.05) is 0 Å². The molecule has 0 bridgehead atoms. The van der Waals surface area contributed by atoms with Crippen molar-refractivity contribution >= 4 is 46.0 Å². The van der Waals surface area contributed by atoms with Crippen LogP contribution in [0.2, 0.25) is 5.02 Å². The molecule has 0 saturated carbocycles. The second-order valence-electron chi connectivity index (χ2n) is 5.18. The molecule has 138 valence electrons. The minimum atomic E-state index is -0.287. The molecule has 2 aromatic rings. The van der Waals surface area contributed by atoms with Crippen LogP contribution < -0.4 is 20.1 Å². The maximum absolute atomic E-state index is 12.4. The Morgan fingerprint density at radius 1 is 0.962 bits per heavy atom. The normalized spacial score (nSPS) is 10.2. The van der Waals surface area contributed by atoms with Crippen LogP contribution in [0.3, 0.4) is 0 Å². The van der Waals surface area contributed by atoms with E-state index in [1.54, 1.807) is 36.4 Å². The maximum atomic E-state index is 12.4. The Morgan fingerprint density at radius 2 is 1.50 bits per heavy atom. The van der Waals surface area contributed by atoms with Gasteiger partial charge in [0.1, 0.15) is 0 Å². The molecule has 0 saturated heterocycles. The highest BCUT2D eigenvalue weighted by atomic mass is 127. The average molecular weight is 489 g/mol. The van der Waals surface area contributed by atoms with Crippen LogP contribution in [0.1, 0.15) is 20.7 Å². The van der Waals surface area contributed by atoms with E-state index in [9.17, 15) is 9.59 Å². The fourth-order valence-corrected chi connectivity index (χ4v) is 3.12. The molecule has 0 unspecified atom stereocenters. The Bertz CT molecular complexity index is 814. The van der Waals surface area contributed by atoms with Crippen LogP contribution in [0.15, 0.2) is 36.4 Å². The lowest BCUT2D eigenvalue weighted by atomic mass is 10.2. The molecule has 2 aromatic carbocycles. The smallest absolute Gasteiger partial charge is 0.252 e. The molecule has 0 aromatic heterocycles. The summed E-state index contributed by atoms with van der Waals surface area (Å²) in [5, 5.41) is 5.86. The molecule has 6 nitrogen and oxygen atoms in total. The zero-order valence-electron chi connectivity index (χ0n) is 14.3. The Labute approximate surface area is 170 Å². The van der Waals surface area contributed by atoms with E-state index in [-0.39, 0.29) is 24.9 Å². The monoisotopic (exact) mass is 488 g/mol. The zero-order valence-corrected chi connectivity index (χ0v) is 17.2. The molecule has 0 aliphatic rings. The SMILES string of the molecule is COc1cc(I)c(C(=O)NCCNC(=O)c2ccccc2Cl)cc1OC. The molecule has 0 aliphatic heterocycles. The van der Waals surface area contributed by atoms with Crippen molar-refractivity contribution in [3.8, 4) is 11.5 Å². The van der Waals surface area contributed by atoms with Crippen molar-refractivity contribution < 1.29 is 19.1 Å². The number of ether oxygens (including phenoxy) is 2. The third kappa shape index (κ3) is 5.01. The van der Waals surface area contributed by atoms with Crippen molar-refractivity contribution in [2.75, 3.05) is 27.3 Å². The standard InChI is InChI=1S/C18H18ClIN2O4/c1-25-15-9-12(14(20)10-16(15)26-2)18(24)22-8-7-21-17(23)11-5-3-4-6-13(11)19/h3-6,9-10H,7-8H2,1-2H3,(H,21,23)(H,22,24). The molecular weight excluding hydrogens is 471 g/mol. The number of carbonyl (C=O) groups excluding carboxylic acids is 2. The first-order valence-electron chi connectivity index (χ1n) is 7.70. The van der Waals surface area contributed by atoms with Gasteiger partial charge in [0.15, 0.2) is 11.5 Å². The summed E-state index contributed by atoms with van der Waals surface area (Å²) in [7, 11) is 3.05. The Balaban J connectivity index is 1.91. The predicted octanol–water partition coefficient (Wildman–Crippen LogP) is 3.12. The van der Waals surface area contributed by atoms with Gasteiger partial charge in [0, 0.05) is 16.7 Å². The minimum Gasteiger partial charge on any atom is -0.493 e. The van der Waals surface area contributed by atoms with Gasteiger partial charge in [-0.05, 0) is 46.9 Å². The first kappa shape index (κ1) is 20.3. The highest BCUT2D eigenvalue weighted by molar-refractivity contribution is 14.1. The summed E-state index contributed by atoms with van der Waals surface area (Å²) in [6.07, 6.45) is 0. The Kier molecular flexibility index (Phi) is 7.52. The molecule has 2 N–H and O–H groups in total. The molecule has 0 heterocycles. The third-order valence-corrected chi connectivity index (χ3v) is 4.75. The van der Waals surface area contributed by atoms with Gasteiger partial charge in [0.2, 0.25) is 0 Å². The van der Waals surface area contributed by atoms with E-state index < -0.39 is 0 Å². The minimum absolute atomic E-state index is 0.262. The summed E-state index contributed by atoms with van der Waals surface area (Å²) in [6.45, 7) is 0.555. The van der Waals surface area contributed by atoms with Gasteiger partial charge in [-0.1, -0.05) is 23.7 Å². The van der Waals surface area contributed by atoms with Crippen molar-refractivity contribution in [3.05, 3.63) is 56.1 Å². The lowest BCUT2D eigenvalue weighted by molar-refractivity contribution is 0.0927. The van der Waals surface area contributed by atoms with Gasteiger partial charge in [0.25, 0.3) is 11.8 Å². The third-order valence-electron chi connectivity index (χ3n) is 3.53.